The predicted octanol–water partition coefficient (Wildman–Crippen LogP) is 0.645. The lowest BCUT2D eigenvalue weighted by Crippen LogP contribution is -2.41. The van der Waals surface area contributed by atoms with Crippen LogP contribution in [0.5, 0.6) is 11.5 Å². The van der Waals surface area contributed by atoms with Crippen LogP contribution in [0.2, 0.25) is 0 Å². The predicted molar refractivity (Wildman–Crippen MR) is 101 cm³/mol. The summed E-state index contributed by atoms with van der Waals surface area (Å²) in [7, 11) is -4.06. The molecule has 1 fully saturated rings. The highest BCUT2D eigenvalue weighted by molar-refractivity contribution is 7.89. The van der Waals surface area contributed by atoms with Gasteiger partial charge in [0, 0.05) is 24.8 Å². The van der Waals surface area contributed by atoms with Gasteiger partial charge in [-0.25, -0.2) is 8.42 Å². The third kappa shape index (κ3) is 4.05. The standard InChI is InChI=1S/C18H20N4O6S/c23-17(12-3-4-15-16(9-12)28-8-7-27-15)20-21-29(25,26)13-10-14(19-11-13)18(24)22-5-1-2-6-22/h3-4,9-11,19,21H,1-2,5-8H2,(H,20,23). The van der Waals surface area contributed by atoms with Gasteiger partial charge >= 0.3 is 0 Å². The van der Waals surface area contributed by atoms with Gasteiger partial charge in [-0.3, -0.25) is 15.0 Å². The van der Waals surface area contributed by atoms with Gasteiger partial charge in [-0.15, -0.1) is 4.83 Å². The Kier molecular flexibility index (Phi) is 5.16. The fourth-order valence-electron chi connectivity index (χ4n) is 3.17. The average Bonchev–Trinajstić information content (AvgIpc) is 3.44. The molecular weight excluding hydrogens is 400 g/mol. The Balaban J connectivity index is 1.41. The second-order valence-corrected chi connectivity index (χ2v) is 8.35. The Morgan fingerprint density at radius 2 is 1.76 bits per heavy atom. The Morgan fingerprint density at radius 3 is 2.52 bits per heavy atom. The van der Waals surface area contributed by atoms with Crippen LogP contribution in [0.3, 0.4) is 0 Å². The first-order chi connectivity index (χ1) is 13.9. The first kappa shape index (κ1) is 19.3. The van der Waals surface area contributed by atoms with Crippen LogP contribution in [0, 0.1) is 0 Å². The van der Waals surface area contributed by atoms with Crippen LogP contribution in [0.25, 0.3) is 0 Å². The molecule has 0 unspecified atom stereocenters. The van der Waals surface area contributed by atoms with Crippen LogP contribution in [-0.4, -0.2) is 56.4 Å². The second-order valence-electron chi connectivity index (χ2n) is 6.67. The van der Waals surface area contributed by atoms with Gasteiger partial charge in [-0.2, -0.15) is 0 Å². The van der Waals surface area contributed by atoms with Crippen molar-refractivity contribution in [2.24, 2.45) is 0 Å². The summed E-state index contributed by atoms with van der Waals surface area (Å²) in [6.45, 7) is 2.11. The number of likely N-dealkylation sites (tertiary alicyclic amines) is 1. The van der Waals surface area contributed by atoms with Crippen molar-refractivity contribution in [3.05, 3.63) is 41.7 Å². The molecule has 0 atom stereocenters. The Bertz CT molecular complexity index is 1040. The molecule has 2 amide bonds. The number of fused-ring (bicyclic) bond motifs is 1. The molecule has 0 radical (unpaired) electrons. The number of nitrogens with one attached hydrogen (secondary N) is 3. The molecule has 4 rings (SSSR count). The molecular formula is C18H20N4O6S. The summed E-state index contributed by atoms with van der Waals surface area (Å²) in [5.74, 6) is 0.0390. The maximum atomic E-state index is 12.4. The van der Waals surface area contributed by atoms with Crippen LogP contribution in [0.15, 0.2) is 35.4 Å². The summed E-state index contributed by atoms with van der Waals surface area (Å²) in [4.78, 5) is 30.9. The van der Waals surface area contributed by atoms with Crippen molar-refractivity contribution in [3.63, 3.8) is 0 Å². The Labute approximate surface area is 167 Å². The molecule has 3 N–H and O–H groups in total. The van der Waals surface area contributed by atoms with E-state index in [2.05, 4.69) is 10.4 Å². The van der Waals surface area contributed by atoms with Crippen LogP contribution in [0.1, 0.15) is 33.7 Å². The van der Waals surface area contributed by atoms with E-state index in [1.54, 1.807) is 11.0 Å². The van der Waals surface area contributed by atoms with E-state index >= 15 is 0 Å². The largest absolute Gasteiger partial charge is 0.486 e. The Hall–Kier alpha value is -3.05. The minimum atomic E-state index is -4.06. The number of amides is 2. The molecule has 0 aliphatic carbocycles. The van der Waals surface area contributed by atoms with Gasteiger partial charge in [-0.1, -0.05) is 0 Å². The molecule has 10 nitrogen and oxygen atoms in total. The molecule has 2 aliphatic rings. The van der Waals surface area contributed by atoms with Crippen molar-refractivity contribution >= 4 is 21.8 Å². The SMILES string of the molecule is O=C(NNS(=O)(=O)c1c[nH]c(C(=O)N2CCCC2)c1)c1ccc2c(c1)OCCO2. The molecule has 11 heteroatoms. The van der Waals surface area contributed by atoms with Crippen molar-refractivity contribution in [1.29, 1.82) is 0 Å². The summed E-state index contributed by atoms with van der Waals surface area (Å²) in [5.41, 5.74) is 2.55. The number of ether oxygens (including phenoxy) is 2. The van der Waals surface area contributed by atoms with Crippen molar-refractivity contribution in [2.45, 2.75) is 17.7 Å². The number of sulfonamides is 1. The number of aromatic nitrogens is 1. The van der Waals surface area contributed by atoms with E-state index in [4.69, 9.17) is 9.47 Å². The smallest absolute Gasteiger partial charge is 0.270 e. The number of H-pyrrole nitrogens is 1. The summed E-state index contributed by atoms with van der Waals surface area (Å²) in [6, 6.07) is 5.81. The fourth-order valence-corrected chi connectivity index (χ4v) is 4.00. The van der Waals surface area contributed by atoms with Crippen LogP contribution >= 0.6 is 0 Å². The van der Waals surface area contributed by atoms with Gasteiger partial charge in [0.2, 0.25) is 0 Å². The van der Waals surface area contributed by atoms with Crippen molar-refractivity contribution in [3.8, 4) is 11.5 Å². The van der Waals surface area contributed by atoms with E-state index in [1.807, 2.05) is 4.83 Å². The number of hydrogen-bond donors (Lipinski definition) is 3. The maximum Gasteiger partial charge on any atom is 0.270 e. The second kappa shape index (κ2) is 7.76. The number of nitrogens with zero attached hydrogens (tertiary/aromatic N) is 1. The van der Waals surface area contributed by atoms with Gasteiger partial charge in [0.15, 0.2) is 11.5 Å². The molecule has 1 aromatic carbocycles. The highest BCUT2D eigenvalue weighted by Gasteiger charge is 2.24. The monoisotopic (exact) mass is 420 g/mol. The summed E-state index contributed by atoms with van der Waals surface area (Å²) >= 11 is 0. The van der Waals surface area contributed by atoms with Crippen molar-refractivity contribution < 1.29 is 27.5 Å². The molecule has 3 heterocycles. The number of rotatable bonds is 5. The normalized spacial score (nSPS) is 15.9. The topological polar surface area (TPSA) is 130 Å². The van der Waals surface area contributed by atoms with Gasteiger partial charge < -0.3 is 19.4 Å². The highest BCUT2D eigenvalue weighted by atomic mass is 32.2. The number of carbonyl (C=O) groups excluding carboxylic acids is 2. The number of carbonyl (C=O) groups is 2. The molecule has 0 bridgehead atoms. The lowest BCUT2D eigenvalue weighted by Gasteiger charge is -2.18. The number of aromatic amines is 1. The molecule has 29 heavy (non-hydrogen) atoms. The van der Waals surface area contributed by atoms with E-state index in [0.29, 0.717) is 37.8 Å². The minimum absolute atomic E-state index is 0.150. The Morgan fingerprint density at radius 1 is 1.03 bits per heavy atom. The van der Waals surface area contributed by atoms with Gasteiger partial charge in [0.05, 0.1) is 0 Å². The highest BCUT2D eigenvalue weighted by Crippen LogP contribution is 2.30. The average molecular weight is 420 g/mol. The zero-order valence-electron chi connectivity index (χ0n) is 15.4. The zero-order chi connectivity index (χ0) is 20.4. The first-order valence-corrected chi connectivity index (χ1v) is 10.6. The van der Waals surface area contributed by atoms with Crippen LogP contribution in [0.4, 0.5) is 0 Å². The van der Waals surface area contributed by atoms with Gasteiger partial charge in [-0.05, 0) is 37.1 Å². The molecule has 2 aromatic rings. The van der Waals surface area contributed by atoms with E-state index in [1.165, 1.54) is 24.4 Å². The van der Waals surface area contributed by atoms with E-state index in [0.717, 1.165) is 12.8 Å². The summed E-state index contributed by atoms with van der Waals surface area (Å²) in [5, 5.41) is 0. The minimum Gasteiger partial charge on any atom is -0.486 e. The van der Waals surface area contributed by atoms with E-state index in [-0.39, 0.29) is 22.1 Å². The van der Waals surface area contributed by atoms with E-state index < -0.39 is 15.9 Å². The number of benzene rings is 1. The van der Waals surface area contributed by atoms with Crippen LogP contribution in [-0.2, 0) is 10.0 Å². The zero-order valence-corrected chi connectivity index (χ0v) is 16.3. The van der Waals surface area contributed by atoms with Crippen molar-refractivity contribution in [1.82, 2.24) is 20.1 Å². The third-order valence-electron chi connectivity index (χ3n) is 4.69. The lowest BCUT2D eigenvalue weighted by atomic mass is 10.2. The maximum absolute atomic E-state index is 12.4. The molecule has 1 aromatic heterocycles. The molecule has 0 saturated carbocycles. The first-order valence-electron chi connectivity index (χ1n) is 9.13. The molecule has 2 aliphatic heterocycles. The van der Waals surface area contributed by atoms with Gasteiger partial charge in [0.25, 0.3) is 21.8 Å². The van der Waals surface area contributed by atoms with E-state index in [9.17, 15) is 18.0 Å². The quantitative estimate of drug-likeness (QED) is 0.609. The molecule has 0 spiro atoms. The van der Waals surface area contributed by atoms with Gasteiger partial charge in [0.1, 0.15) is 23.8 Å². The summed E-state index contributed by atoms with van der Waals surface area (Å²) in [6.07, 6.45) is 3.08. The molecule has 1 saturated heterocycles. The van der Waals surface area contributed by atoms with Crippen LogP contribution < -0.4 is 19.7 Å². The number of hydrazine groups is 1. The lowest BCUT2D eigenvalue weighted by molar-refractivity contribution is 0.0787. The fraction of sp³-hybridized carbons (Fsp3) is 0.333. The summed E-state index contributed by atoms with van der Waals surface area (Å²) < 4.78 is 35.7. The molecule has 154 valence electrons. The number of hydrogen-bond acceptors (Lipinski definition) is 6. The van der Waals surface area contributed by atoms with Crippen molar-refractivity contribution in [2.75, 3.05) is 26.3 Å². The third-order valence-corrected chi connectivity index (χ3v) is 5.92.